The molecule has 2 aliphatic rings. The van der Waals surface area contributed by atoms with Gasteiger partial charge in [-0.15, -0.1) is 0 Å². The van der Waals surface area contributed by atoms with Crippen LogP contribution in [0.25, 0.3) is 22.8 Å². The van der Waals surface area contributed by atoms with Crippen LogP contribution in [-0.4, -0.2) is 56.4 Å². The van der Waals surface area contributed by atoms with Crippen LogP contribution in [-0.2, 0) is 19.6 Å². The number of sulfonamides is 1. The average molecular weight is 507 g/mol. The lowest BCUT2D eigenvalue weighted by Gasteiger charge is -2.26. The molecule has 0 unspecified atom stereocenters. The van der Waals surface area contributed by atoms with Gasteiger partial charge in [0.1, 0.15) is 0 Å². The van der Waals surface area contributed by atoms with Gasteiger partial charge < -0.3 is 19.9 Å². The zero-order chi connectivity index (χ0) is 25.6. The zero-order valence-corrected chi connectivity index (χ0v) is 20.7. The third kappa shape index (κ3) is 4.34. The topological polar surface area (TPSA) is 135 Å². The first-order valence-corrected chi connectivity index (χ1v) is 13.0. The number of H-pyrrole nitrogens is 1. The molecule has 0 radical (unpaired) electrons. The number of aromatic amines is 1. The third-order valence-corrected chi connectivity index (χ3v) is 7.50. The number of nitrogens with zero attached hydrogens (tertiary/aromatic N) is 1. The van der Waals surface area contributed by atoms with E-state index in [-0.39, 0.29) is 16.7 Å². The summed E-state index contributed by atoms with van der Waals surface area (Å²) in [6.07, 6.45) is 1.72. The molecule has 0 aliphatic carbocycles. The molecular weight excluding hydrogens is 480 g/mol. The van der Waals surface area contributed by atoms with Gasteiger partial charge in [0, 0.05) is 46.9 Å². The van der Waals surface area contributed by atoms with E-state index in [0.717, 1.165) is 28.1 Å². The average Bonchev–Trinajstić information content (AvgIpc) is 3.32. The Morgan fingerprint density at radius 2 is 1.78 bits per heavy atom. The number of aryl methyl sites for hydroxylation is 1. The molecule has 1 fully saturated rings. The molecule has 2 aromatic carbocycles. The van der Waals surface area contributed by atoms with E-state index in [0.29, 0.717) is 48.7 Å². The second-order valence-corrected chi connectivity index (χ2v) is 10.5. The van der Waals surface area contributed by atoms with E-state index in [1.807, 2.05) is 38.1 Å². The lowest BCUT2D eigenvalue weighted by molar-refractivity contribution is -0.110. The van der Waals surface area contributed by atoms with Crippen molar-refractivity contribution in [2.75, 3.05) is 31.6 Å². The number of fused-ring (bicyclic) bond motifs is 1. The highest BCUT2D eigenvalue weighted by molar-refractivity contribution is 7.89. The van der Waals surface area contributed by atoms with Gasteiger partial charge in [-0.3, -0.25) is 9.59 Å². The molecule has 1 saturated heterocycles. The van der Waals surface area contributed by atoms with Crippen LogP contribution in [0.15, 0.2) is 47.4 Å². The molecule has 36 heavy (non-hydrogen) atoms. The Morgan fingerprint density at radius 3 is 2.44 bits per heavy atom. The van der Waals surface area contributed by atoms with Gasteiger partial charge >= 0.3 is 0 Å². The number of anilines is 1. The zero-order valence-electron chi connectivity index (χ0n) is 19.9. The minimum Gasteiger partial charge on any atom is -0.378 e. The van der Waals surface area contributed by atoms with Crippen LogP contribution in [0.1, 0.15) is 32.9 Å². The van der Waals surface area contributed by atoms with E-state index in [9.17, 15) is 18.0 Å². The molecular formula is C26H26N4O5S. The van der Waals surface area contributed by atoms with Crippen molar-refractivity contribution in [3.8, 4) is 11.1 Å². The van der Waals surface area contributed by atoms with E-state index >= 15 is 0 Å². The number of morpholine rings is 1. The first-order valence-electron chi connectivity index (χ1n) is 11.5. The second-order valence-electron chi connectivity index (χ2n) is 8.91. The summed E-state index contributed by atoms with van der Waals surface area (Å²) in [5.74, 6) is -0.335. The number of hydrogen-bond donors (Lipinski definition) is 3. The van der Waals surface area contributed by atoms with Crippen molar-refractivity contribution < 1.29 is 22.7 Å². The highest BCUT2D eigenvalue weighted by Crippen LogP contribution is 2.37. The van der Waals surface area contributed by atoms with Gasteiger partial charge in [0.05, 0.1) is 23.7 Å². The molecule has 0 atom stereocenters. The van der Waals surface area contributed by atoms with Crippen molar-refractivity contribution in [3.63, 3.8) is 0 Å². The molecule has 2 aliphatic heterocycles. The summed E-state index contributed by atoms with van der Waals surface area (Å²) in [5.41, 5.74) is 6.46. The summed E-state index contributed by atoms with van der Waals surface area (Å²) in [6.45, 7) is 6.17. The SMILES string of the molecule is Cc1[nH]c(C=C2C(=O)Nc3ccc(S(N)(=O)=O)cc32)c(C)c1-c1ccc(C(=O)N2CCOCC2)cc1. The molecule has 9 nitrogen and oxygen atoms in total. The molecule has 3 aromatic rings. The van der Waals surface area contributed by atoms with Gasteiger partial charge in [0.15, 0.2) is 0 Å². The first kappa shape index (κ1) is 24.0. The fourth-order valence-electron chi connectivity index (χ4n) is 4.71. The molecule has 0 spiro atoms. The van der Waals surface area contributed by atoms with Crippen molar-refractivity contribution in [1.29, 1.82) is 0 Å². The maximum atomic E-state index is 12.8. The molecule has 2 amide bonds. The largest absolute Gasteiger partial charge is 0.378 e. The summed E-state index contributed by atoms with van der Waals surface area (Å²) in [7, 11) is -3.91. The fraction of sp³-hybridized carbons (Fsp3) is 0.231. The van der Waals surface area contributed by atoms with Crippen molar-refractivity contribution >= 4 is 39.2 Å². The van der Waals surface area contributed by atoms with Crippen LogP contribution in [0, 0.1) is 13.8 Å². The standard InChI is InChI=1S/C26H26N4O5S/c1-15-23(14-21-20-13-19(36(27,33)34)7-8-22(20)29-25(21)31)28-16(2)24(15)17-3-5-18(6-4-17)26(32)30-9-11-35-12-10-30/h3-8,13-14,28H,9-12H2,1-2H3,(H,29,31)(H2,27,33,34). The van der Waals surface area contributed by atoms with Crippen molar-refractivity contribution in [1.82, 2.24) is 9.88 Å². The number of benzene rings is 2. The van der Waals surface area contributed by atoms with E-state index in [1.54, 1.807) is 11.0 Å². The van der Waals surface area contributed by atoms with Gasteiger partial charge in [-0.25, -0.2) is 13.6 Å². The van der Waals surface area contributed by atoms with Crippen LogP contribution >= 0.6 is 0 Å². The molecule has 10 heteroatoms. The Bertz CT molecular complexity index is 1510. The summed E-state index contributed by atoms with van der Waals surface area (Å²) >= 11 is 0. The van der Waals surface area contributed by atoms with E-state index in [1.165, 1.54) is 18.2 Å². The number of aromatic nitrogens is 1. The number of carbonyl (C=O) groups excluding carboxylic acids is 2. The van der Waals surface area contributed by atoms with Gasteiger partial charge in [0.2, 0.25) is 10.0 Å². The highest BCUT2D eigenvalue weighted by Gasteiger charge is 2.27. The van der Waals surface area contributed by atoms with Gasteiger partial charge in [-0.2, -0.15) is 0 Å². The Labute approximate surface area is 209 Å². The number of nitrogens with two attached hydrogens (primary N) is 1. The highest BCUT2D eigenvalue weighted by atomic mass is 32.2. The van der Waals surface area contributed by atoms with Crippen LogP contribution in [0.3, 0.4) is 0 Å². The second kappa shape index (κ2) is 9.05. The first-order chi connectivity index (χ1) is 17.1. The Kier molecular flexibility index (Phi) is 6.03. The summed E-state index contributed by atoms with van der Waals surface area (Å²) < 4.78 is 28.9. The summed E-state index contributed by atoms with van der Waals surface area (Å²) in [5, 5.41) is 8.04. The summed E-state index contributed by atoms with van der Waals surface area (Å²) in [6, 6.07) is 11.8. The smallest absolute Gasteiger partial charge is 0.256 e. The minimum atomic E-state index is -3.91. The Balaban J connectivity index is 1.47. The number of primary sulfonamides is 1. The molecule has 186 valence electrons. The number of amides is 2. The summed E-state index contributed by atoms with van der Waals surface area (Å²) in [4.78, 5) is 30.5. The molecule has 0 bridgehead atoms. The number of hydrogen-bond acceptors (Lipinski definition) is 5. The third-order valence-electron chi connectivity index (χ3n) is 6.59. The maximum absolute atomic E-state index is 12.8. The monoisotopic (exact) mass is 506 g/mol. The van der Waals surface area contributed by atoms with Crippen LogP contribution in [0.2, 0.25) is 0 Å². The lowest BCUT2D eigenvalue weighted by atomic mass is 9.98. The number of rotatable bonds is 4. The predicted octanol–water partition coefficient (Wildman–Crippen LogP) is 2.91. The fourth-order valence-corrected chi connectivity index (χ4v) is 5.25. The molecule has 0 saturated carbocycles. The minimum absolute atomic E-state index is 0.0115. The molecule has 1 aromatic heterocycles. The van der Waals surface area contributed by atoms with E-state index < -0.39 is 10.0 Å². The van der Waals surface area contributed by atoms with E-state index in [4.69, 9.17) is 9.88 Å². The predicted molar refractivity (Wildman–Crippen MR) is 137 cm³/mol. The molecule has 4 N–H and O–H groups in total. The van der Waals surface area contributed by atoms with Crippen molar-refractivity contribution in [2.24, 2.45) is 5.14 Å². The van der Waals surface area contributed by atoms with Gasteiger partial charge in [-0.05, 0) is 61.4 Å². The Hall–Kier alpha value is -3.73. The van der Waals surface area contributed by atoms with Crippen molar-refractivity contribution in [2.45, 2.75) is 18.7 Å². The Morgan fingerprint density at radius 1 is 1.08 bits per heavy atom. The normalized spacial score (nSPS) is 16.8. The quantitative estimate of drug-likeness (QED) is 0.468. The lowest BCUT2D eigenvalue weighted by Crippen LogP contribution is -2.40. The molecule has 3 heterocycles. The van der Waals surface area contributed by atoms with E-state index in [2.05, 4.69) is 10.3 Å². The number of nitrogens with one attached hydrogen (secondary N) is 2. The number of carbonyl (C=O) groups is 2. The van der Waals surface area contributed by atoms with Gasteiger partial charge in [0.25, 0.3) is 11.8 Å². The molecule has 5 rings (SSSR count). The van der Waals surface area contributed by atoms with Gasteiger partial charge in [-0.1, -0.05) is 12.1 Å². The van der Waals surface area contributed by atoms with Crippen molar-refractivity contribution in [3.05, 3.63) is 70.5 Å². The van der Waals surface area contributed by atoms with Crippen LogP contribution < -0.4 is 10.5 Å². The van der Waals surface area contributed by atoms with Crippen LogP contribution in [0.5, 0.6) is 0 Å². The maximum Gasteiger partial charge on any atom is 0.256 e. The van der Waals surface area contributed by atoms with Crippen LogP contribution in [0.4, 0.5) is 5.69 Å². The number of ether oxygens (including phenoxy) is 1.